The third-order valence-corrected chi connectivity index (χ3v) is 4.36. The SMILES string of the molecule is CCOc1ccc(COc2ccc(NC(=O)c3ccnn3CC(=O)O)cc2)cc1OCC. The number of carbonyl (C=O) groups excluding carboxylic acids is 1. The molecule has 1 amide bonds. The van der Waals surface area contributed by atoms with Crippen LogP contribution in [0.3, 0.4) is 0 Å². The Morgan fingerprint density at radius 2 is 1.69 bits per heavy atom. The number of nitrogens with one attached hydrogen (secondary N) is 1. The summed E-state index contributed by atoms with van der Waals surface area (Å²) in [5, 5.41) is 15.5. The van der Waals surface area contributed by atoms with Gasteiger partial charge in [0.05, 0.1) is 13.2 Å². The average Bonchev–Trinajstić information content (AvgIpc) is 3.23. The van der Waals surface area contributed by atoms with Crippen molar-refractivity contribution in [1.29, 1.82) is 0 Å². The lowest BCUT2D eigenvalue weighted by molar-refractivity contribution is -0.137. The number of carboxylic acid groups (broad SMARTS) is 1. The minimum atomic E-state index is -1.08. The fourth-order valence-corrected chi connectivity index (χ4v) is 2.96. The van der Waals surface area contributed by atoms with Gasteiger partial charge in [-0.15, -0.1) is 0 Å². The molecular formula is C23H25N3O6. The predicted molar refractivity (Wildman–Crippen MR) is 117 cm³/mol. The average molecular weight is 439 g/mol. The van der Waals surface area contributed by atoms with Gasteiger partial charge in [0.25, 0.3) is 5.91 Å². The van der Waals surface area contributed by atoms with Gasteiger partial charge in [-0.3, -0.25) is 9.59 Å². The number of aliphatic carboxylic acids is 1. The quantitative estimate of drug-likeness (QED) is 0.469. The molecule has 0 unspecified atom stereocenters. The third kappa shape index (κ3) is 6.00. The second kappa shape index (κ2) is 10.9. The number of hydrogen-bond acceptors (Lipinski definition) is 6. The van der Waals surface area contributed by atoms with Gasteiger partial charge in [0.2, 0.25) is 0 Å². The summed E-state index contributed by atoms with van der Waals surface area (Å²) in [6, 6.07) is 14.0. The number of aromatic nitrogens is 2. The number of carboxylic acids is 1. The van der Waals surface area contributed by atoms with Crippen LogP contribution in [0.5, 0.6) is 17.2 Å². The summed E-state index contributed by atoms with van der Waals surface area (Å²) >= 11 is 0. The van der Waals surface area contributed by atoms with E-state index in [2.05, 4.69) is 10.4 Å². The Bertz CT molecular complexity index is 1060. The van der Waals surface area contributed by atoms with Crippen LogP contribution in [0, 0.1) is 0 Å². The minimum absolute atomic E-state index is 0.160. The first-order valence-corrected chi connectivity index (χ1v) is 10.2. The number of carbonyl (C=O) groups is 2. The molecule has 0 saturated heterocycles. The maximum Gasteiger partial charge on any atom is 0.325 e. The molecule has 2 aromatic carbocycles. The zero-order valence-corrected chi connectivity index (χ0v) is 17.9. The molecule has 0 aliphatic rings. The van der Waals surface area contributed by atoms with Crippen LogP contribution >= 0.6 is 0 Å². The van der Waals surface area contributed by atoms with Gasteiger partial charge in [0, 0.05) is 11.9 Å². The van der Waals surface area contributed by atoms with Gasteiger partial charge in [-0.2, -0.15) is 5.10 Å². The van der Waals surface area contributed by atoms with Gasteiger partial charge < -0.3 is 24.6 Å². The summed E-state index contributed by atoms with van der Waals surface area (Å²) in [6.07, 6.45) is 1.38. The number of ether oxygens (including phenoxy) is 3. The Kier molecular flexibility index (Phi) is 7.69. The highest BCUT2D eigenvalue weighted by atomic mass is 16.5. The maximum atomic E-state index is 12.4. The predicted octanol–water partition coefficient (Wildman–Crippen LogP) is 3.60. The highest BCUT2D eigenvalue weighted by Gasteiger charge is 2.14. The molecule has 0 bridgehead atoms. The van der Waals surface area contributed by atoms with Crippen molar-refractivity contribution in [2.75, 3.05) is 18.5 Å². The zero-order valence-electron chi connectivity index (χ0n) is 17.9. The van der Waals surface area contributed by atoms with Crippen molar-refractivity contribution in [2.45, 2.75) is 27.0 Å². The number of benzene rings is 2. The van der Waals surface area contributed by atoms with Crippen LogP contribution in [0.1, 0.15) is 29.9 Å². The second-order valence-electron chi connectivity index (χ2n) is 6.68. The van der Waals surface area contributed by atoms with Crippen molar-refractivity contribution >= 4 is 17.6 Å². The topological polar surface area (TPSA) is 112 Å². The van der Waals surface area contributed by atoms with Gasteiger partial charge >= 0.3 is 5.97 Å². The summed E-state index contributed by atoms with van der Waals surface area (Å²) < 4.78 is 18.2. The first-order chi connectivity index (χ1) is 15.5. The van der Waals surface area contributed by atoms with Crippen molar-refractivity contribution in [3.8, 4) is 17.2 Å². The molecule has 9 heteroatoms. The van der Waals surface area contributed by atoms with E-state index in [1.807, 2.05) is 32.0 Å². The summed E-state index contributed by atoms with van der Waals surface area (Å²) in [5.41, 5.74) is 1.64. The molecule has 0 aliphatic heterocycles. The number of amides is 1. The lowest BCUT2D eigenvalue weighted by Gasteiger charge is -2.13. The number of anilines is 1. The molecule has 0 fully saturated rings. The van der Waals surface area contributed by atoms with E-state index < -0.39 is 11.9 Å². The van der Waals surface area contributed by atoms with E-state index in [0.29, 0.717) is 42.8 Å². The minimum Gasteiger partial charge on any atom is -0.490 e. The van der Waals surface area contributed by atoms with Crippen LogP contribution in [0.4, 0.5) is 5.69 Å². The number of rotatable bonds is 11. The smallest absolute Gasteiger partial charge is 0.325 e. The highest BCUT2D eigenvalue weighted by Crippen LogP contribution is 2.29. The second-order valence-corrected chi connectivity index (χ2v) is 6.68. The molecule has 9 nitrogen and oxygen atoms in total. The standard InChI is InChI=1S/C23H25N3O6/c1-3-30-20-10-5-16(13-21(20)31-4-2)15-32-18-8-6-17(7-9-18)25-23(29)19-11-12-24-26(19)14-22(27)28/h5-13H,3-4,14-15H2,1-2H3,(H,25,29)(H,27,28). The van der Waals surface area contributed by atoms with Gasteiger partial charge in [0.1, 0.15) is 24.6 Å². The van der Waals surface area contributed by atoms with Crippen LogP contribution in [0.25, 0.3) is 0 Å². The van der Waals surface area contributed by atoms with Gasteiger partial charge in [0.15, 0.2) is 11.5 Å². The van der Waals surface area contributed by atoms with Crippen molar-refractivity contribution < 1.29 is 28.9 Å². The summed E-state index contributed by atoms with van der Waals surface area (Å²) in [4.78, 5) is 23.3. The lowest BCUT2D eigenvalue weighted by Crippen LogP contribution is -2.20. The first-order valence-electron chi connectivity index (χ1n) is 10.2. The van der Waals surface area contributed by atoms with Crippen molar-refractivity contribution in [1.82, 2.24) is 9.78 Å². The summed E-state index contributed by atoms with van der Waals surface area (Å²) in [5.74, 6) is 0.477. The molecule has 0 radical (unpaired) electrons. The highest BCUT2D eigenvalue weighted by molar-refractivity contribution is 6.03. The zero-order chi connectivity index (χ0) is 22.9. The van der Waals surface area contributed by atoms with Gasteiger partial charge in [-0.05, 0) is 61.9 Å². The molecule has 0 saturated carbocycles. The first kappa shape index (κ1) is 22.7. The van der Waals surface area contributed by atoms with E-state index in [4.69, 9.17) is 19.3 Å². The fraction of sp³-hybridized carbons (Fsp3) is 0.261. The van der Waals surface area contributed by atoms with Crippen LogP contribution in [0.2, 0.25) is 0 Å². The van der Waals surface area contributed by atoms with Crippen LogP contribution in [-0.4, -0.2) is 40.0 Å². The normalized spacial score (nSPS) is 10.4. The maximum absolute atomic E-state index is 12.4. The lowest BCUT2D eigenvalue weighted by atomic mass is 10.2. The third-order valence-electron chi connectivity index (χ3n) is 4.36. The summed E-state index contributed by atoms with van der Waals surface area (Å²) in [7, 11) is 0. The molecule has 1 heterocycles. The van der Waals surface area contributed by atoms with E-state index in [1.54, 1.807) is 24.3 Å². The van der Waals surface area contributed by atoms with E-state index >= 15 is 0 Å². The van der Waals surface area contributed by atoms with E-state index in [0.717, 1.165) is 10.2 Å². The number of nitrogens with zero attached hydrogens (tertiary/aromatic N) is 2. The Labute approximate surface area is 185 Å². The molecule has 2 N–H and O–H groups in total. The molecule has 3 rings (SSSR count). The number of hydrogen-bond donors (Lipinski definition) is 2. The largest absolute Gasteiger partial charge is 0.490 e. The van der Waals surface area contributed by atoms with Crippen molar-refractivity contribution in [3.63, 3.8) is 0 Å². The Morgan fingerprint density at radius 1 is 0.969 bits per heavy atom. The van der Waals surface area contributed by atoms with Gasteiger partial charge in [-0.25, -0.2) is 4.68 Å². The van der Waals surface area contributed by atoms with Crippen molar-refractivity contribution in [2.24, 2.45) is 0 Å². The molecule has 3 aromatic rings. The Hall–Kier alpha value is -4.01. The molecule has 0 spiro atoms. The van der Waals surface area contributed by atoms with E-state index in [-0.39, 0.29) is 12.2 Å². The Morgan fingerprint density at radius 3 is 2.38 bits per heavy atom. The van der Waals surface area contributed by atoms with E-state index in [1.165, 1.54) is 12.3 Å². The fourth-order valence-electron chi connectivity index (χ4n) is 2.96. The molecule has 168 valence electrons. The monoisotopic (exact) mass is 439 g/mol. The molecule has 1 aromatic heterocycles. The molecular weight excluding hydrogens is 414 g/mol. The molecule has 32 heavy (non-hydrogen) atoms. The van der Waals surface area contributed by atoms with Crippen LogP contribution in [0.15, 0.2) is 54.7 Å². The van der Waals surface area contributed by atoms with Crippen LogP contribution in [-0.2, 0) is 17.9 Å². The molecule has 0 atom stereocenters. The van der Waals surface area contributed by atoms with Crippen LogP contribution < -0.4 is 19.5 Å². The summed E-state index contributed by atoms with van der Waals surface area (Å²) in [6.45, 7) is 4.88. The molecule has 0 aliphatic carbocycles. The van der Waals surface area contributed by atoms with Crippen molar-refractivity contribution in [3.05, 3.63) is 66.0 Å². The van der Waals surface area contributed by atoms with E-state index in [9.17, 15) is 9.59 Å². The van der Waals surface area contributed by atoms with Gasteiger partial charge in [-0.1, -0.05) is 6.07 Å². The Balaban J connectivity index is 1.59.